The fourth-order valence-electron chi connectivity index (χ4n) is 2.83. The van der Waals surface area contributed by atoms with Gasteiger partial charge in [0.25, 0.3) is 5.91 Å². The van der Waals surface area contributed by atoms with E-state index in [2.05, 4.69) is 21.2 Å². The summed E-state index contributed by atoms with van der Waals surface area (Å²) in [6.07, 6.45) is 1.39. The normalized spacial score (nSPS) is 10.6. The van der Waals surface area contributed by atoms with Crippen LogP contribution in [-0.4, -0.2) is 30.5 Å². The standard InChI is InChI=1S/C25H23ClN4O4/c1-16-6-7-17(2)22(12-16)29-24(32)25(33)30-27-14-18-8-10-21(11-9-18)34-15-23(31)28-20-5-3-4-19(26)13-20/h3-14H,15H2,1-2H3,(H,28,31)(H,29,32)(H,30,33)/b27-14-. The fourth-order valence-corrected chi connectivity index (χ4v) is 3.02. The maximum Gasteiger partial charge on any atom is 0.329 e. The Balaban J connectivity index is 1.45. The largest absolute Gasteiger partial charge is 0.484 e. The highest BCUT2D eigenvalue weighted by Gasteiger charge is 2.14. The van der Waals surface area contributed by atoms with Crippen molar-refractivity contribution in [3.8, 4) is 5.75 Å². The van der Waals surface area contributed by atoms with Crippen LogP contribution in [0.3, 0.4) is 0 Å². The Labute approximate surface area is 202 Å². The molecule has 0 bridgehead atoms. The van der Waals surface area contributed by atoms with E-state index in [1.165, 1.54) is 6.21 Å². The van der Waals surface area contributed by atoms with Crippen LogP contribution in [-0.2, 0) is 14.4 Å². The van der Waals surface area contributed by atoms with E-state index < -0.39 is 11.8 Å². The van der Waals surface area contributed by atoms with E-state index >= 15 is 0 Å². The second kappa shape index (κ2) is 11.6. The van der Waals surface area contributed by atoms with Gasteiger partial charge in [-0.2, -0.15) is 5.10 Å². The number of rotatable bonds is 7. The maximum atomic E-state index is 12.1. The third kappa shape index (κ3) is 7.46. The molecule has 0 fully saturated rings. The number of nitrogens with zero attached hydrogens (tertiary/aromatic N) is 1. The molecule has 0 unspecified atom stereocenters. The molecule has 8 nitrogen and oxygen atoms in total. The third-order valence-electron chi connectivity index (χ3n) is 4.59. The number of nitrogens with one attached hydrogen (secondary N) is 3. The second-order valence-corrected chi connectivity index (χ2v) is 7.82. The number of amides is 3. The SMILES string of the molecule is Cc1ccc(C)c(NC(=O)C(=O)N/N=C\c2ccc(OCC(=O)Nc3cccc(Cl)c3)cc2)c1. The van der Waals surface area contributed by atoms with E-state index in [0.717, 1.165) is 11.1 Å². The first-order valence-corrected chi connectivity index (χ1v) is 10.7. The topological polar surface area (TPSA) is 109 Å². The molecule has 3 aromatic carbocycles. The summed E-state index contributed by atoms with van der Waals surface area (Å²) in [4.78, 5) is 36.1. The molecule has 3 N–H and O–H groups in total. The van der Waals surface area contributed by atoms with Gasteiger partial charge in [-0.15, -0.1) is 0 Å². The molecule has 0 atom stereocenters. The van der Waals surface area contributed by atoms with E-state index in [1.807, 2.05) is 26.0 Å². The lowest BCUT2D eigenvalue weighted by Gasteiger charge is -2.08. The van der Waals surface area contributed by atoms with Crippen molar-refractivity contribution in [2.24, 2.45) is 5.10 Å². The van der Waals surface area contributed by atoms with Crippen LogP contribution in [0.2, 0.25) is 5.02 Å². The van der Waals surface area contributed by atoms with Crippen LogP contribution >= 0.6 is 11.6 Å². The number of halogens is 1. The van der Waals surface area contributed by atoms with E-state index in [0.29, 0.717) is 27.7 Å². The number of hydrogen-bond acceptors (Lipinski definition) is 5. The Morgan fingerprint density at radius 1 is 0.941 bits per heavy atom. The zero-order chi connectivity index (χ0) is 24.5. The number of hydrogen-bond donors (Lipinski definition) is 3. The summed E-state index contributed by atoms with van der Waals surface area (Å²) >= 11 is 5.89. The molecule has 9 heteroatoms. The third-order valence-corrected chi connectivity index (χ3v) is 4.82. The highest BCUT2D eigenvalue weighted by molar-refractivity contribution is 6.39. The van der Waals surface area contributed by atoms with Gasteiger partial charge in [0, 0.05) is 16.4 Å². The van der Waals surface area contributed by atoms with Crippen molar-refractivity contribution < 1.29 is 19.1 Å². The smallest absolute Gasteiger partial charge is 0.329 e. The van der Waals surface area contributed by atoms with Crippen LogP contribution in [0.15, 0.2) is 71.8 Å². The Morgan fingerprint density at radius 3 is 2.44 bits per heavy atom. The van der Waals surface area contributed by atoms with Crippen molar-refractivity contribution in [3.63, 3.8) is 0 Å². The number of carbonyl (C=O) groups excluding carboxylic acids is 3. The summed E-state index contributed by atoms with van der Waals surface area (Å²) in [5, 5.41) is 9.58. The zero-order valence-corrected chi connectivity index (χ0v) is 19.3. The average Bonchev–Trinajstić information content (AvgIpc) is 2.81. The quantitative estimate of drug-likeness (QED) is 0.270. The second-order valence-electron chi connectivity index (χ2n) is 7.39. The molecule has 3 amide bonds. The molecule has 0 radical (unpaired) electrons. The Hall–Kier alpha value is -4.17. The van der Waals surface area contributed by atoms with Gasteiger partial charge in [0.05, 0.1) is 6.21 Å². The van der Waals surface area contributed by atoms with Crippen molar-refractivity contribution in [2.75, 3.05) is 17.2 Å². The van der Waals surface area contributed by atoms with Gasteiger partial charge < -0.3 is 15.4 Å². The molecule has 0 spiro atoms. The van der Waals surface area contributed by atoms with Gasteiger partial charge >= 0.3 is 11.8 Å². The molecule has 0 saturated carbocycles. The summed E-state index contributed by atoms with van der Waals surface area (Å²) in [7, 11) is 0. The fraction of sp³-hybridized carbons (Fsp3) is 0.120. The average molecular weight is 479 g/mol. The van der Waals surface area contributed by atoms with Crippen molar-refractivity contribution >= 4 is 46.9 Å². The van der Waals surface area contributed by atoms with E-state index in [-0.39, 0.29) is 12.5 Å². The zero-order valence-electron chi connectivity index (χ0n) is 18.6. The van der Waals surface area contributed by atoms with Gasteiger partial charge in [0.2, 0.25) is 0 Å². The first kappa shape index (κ1) is 24.5. The van der Waals surface area contributed by atoms with Gasteiger partial charge in [-0.3, -0.25) is 14.4 Å². The number of ether oxygens (including phenoxy) is 1. The number of aryl methyl sites for hydroxylation is 2. The van der Waals surface area contributed by atoms with Crippen LogP contribution in [0.5, 0.6) is 5.75 Å². The Bertz CT molecular complexity index is 1230. The highest BCUT2D eigenvalue weighted by atomic mass is 35.5. The van der Waals surface area contributed by atoms with Gasteiger partial charge in [-0.05, 0) is 79.1 Å². The van der Waals surface area contributed by atoms with Crippen molar-refractivity contribution in [1.29, 1.82) is 0 Å². The molecule has 0 aliphatic rings. The summed E-state index contributed by atoms with van der Waals surface area (Å²) in [5.74, 6) is -1.54. The minimum Gasteiger partial charge on any atom is -0.484 e. The van der Waals surface area contributed by atoms with E-state index in [4.69, 9.17) is 16.3 Å². The number of benzene rings is 3. The highest BCUT2D eigenvalue weighted by Crippen LogP contribution is 2.17. The van der Waals surface area contributed by atoms with Crippen LogP contribution in [0, 0.1) is 13.8 Å². The molecule has 0 aliphatic carbocycles. The van der Waals surface area contributed by atoms with Crippen LogP contribution in [0.4, 0.5) is 11.4 Å². The van der Waals surface area contributed by atoms with Gasteiger partial charge in [0.1, 0.15) is 5.75 Å². The Kier molecular flexibility index (Phi) is 8.37. The van der Waals surface area contributed by atoms with Crippen molar-refractivity contribution in [1.82, 2.24) is 5.43 Å². The molecule has 0 aromatic heterocycles. The summed E-state index contributed by atoms with van der Waals surface area (Å²) in [6, 6.07) is 19.1. The molecule has 0 saturated heterocycles. The molecule has 174 valence electrons. The lowest BCUT2D eigenvalue weighted by molar-refractivity contribution is -0.136. The number of hydrazone groups is 1. The molecule has 0 aliphatic heterocycles. The van der Waals surface area contributed by atoms with E-state index in [9.17, 15) is 14.4 Å². The first-order chi connectivity index (χ1) is 16.3. The lowest BCUT2D eigenvalue weighted by atomic mass is 10.1. The van der Waals surface area contributed by atoms with Gasteiger partial charge in [-0.1, -0.05) is 29.8 Å². The number of carbonyl (C=O) groups is 3. The maximum absolute atomic E-state index is 12.1. The van der Waals surface area contributed by atoms with Gasteiger partial charge in [0.15, 0.2) is 6.61 Å². The molecular formula is C25H23ClN4O4. The molecule has 3 aromatic rings. The summed E-state index contributed by atoms with van der Waals surface area (Å²) in [5.41, 5.74) is 5.81. The van der Waals surface area contributed by atoms with Crippen LogP contribution in [0.1, 0.15) is 16.7 Å². The predicted octanol–water partition coefficient (Wildman–Crippen LogP) is 4.06. The molecular weight excluding hydrogens is 456 g/mol. The van der Waals surface area contributed by atoms with Gasteiger partial charge in [-0.25, -0.2) is 5.43 Å². The lowest BCUT2D eigenvalue weighted by Crippen LogP contribution is -2.32. The summed E-state index contributed by atoms with van der Waals surface area (Å²) in [6.45, 7) is 3.56. The first-order valence-electron chi connectivity index (χ1n) is 10.3. The Morgan fingerprint density at radius 2 is 1.71 bits per heavy atom. The number of anilines is 2. The van der Waals surface area contributed by atoms with Crippen LogP contribution in [0.25, 0.3) is 0 Å². The van der Waals surface area contributed by atoms with E-state index in [1.54, 1.807) is 54.6 Å². The molecule has 34 heavy (non-hydrogen) atoms. The molecule has 3 rings (SSSR count). The van der Waals surface area contributed by atoms with Crippen molar-refractivity contribution in [3.05, 3.63) is 88.4 Å². The van der Waals surface area contributed by atoms with Crippen LogP contribution < -0.4 is 20.8 Å². The minimum absolute atomic E-state index is 0.175. The summed E-state index contributed by atoms with van der Waals surface area (Å²) < 4.78 is 5.46. The monoisotopic (exact) mass is 478 g/mol. The minimum atomic E-state index is -0.886. The predicted molar refractivity (Wildman–Crippen MR) is 132 cm³/mol. The van der Waals surface area contributed by atoms with Crippen molar-refractivity contribution in [2.45, 2.75) is 13.8 Å². The molecule has 0 heterocycles.